The van der Waals surface area contributed by atoms with Gasteiger partial charge in [0.25, 0.3) is 0 Å². The summed E-state index contributed by atoms with van der Waals surface area (Å²) in [5.74, 6) is 0.707. The number of esters is 1. The van der Waals surface area contributed by atoms with E-state index in [0.717, 1.165) is 22.5 Å². The van der Waals surface area contributed by atoms with Gasteiger partial charge in [-0.1, -0.05) is 30.3 Å². The fourth-order valence-electron chi connectivity index (χ4n) is 2.93. The van der Waals surface area contributed by atoms with Gasteiger partial charge in [0, 0.05) is 17.4 Å². The van der Waals surface area contributed by atoms with E-state index in [4.69, 9.17) is 4.74 Å². The zero-order valence-electron chi connectivity index (χ0n) is 16.5. The molecule has 0 atom stereocenters. The van der Waals surface area contributed by atoms with Crippen LogP contribution in [0.4, 0.5) is 23.1 Å². The second kappa shape index (κ2) is 8.52. The van der Waals surface area contributed by atoms with E-state index >= 15 is 0 Å². The Labute approximate surface area is 165 Å². The highest BCUT2D eigenvalue weighted by Gasteiger charge is 2.13. The summed E-state index contributed by atoms with van der Waals surface area (Å²) in [7, 11) is 0. The van der Waals surface area contributed by atoms with Crippen molar-refractivity contribution in [3.63, 3.8) is 0 Å². The molecule has 0 radical (unpaired) electrons. The Kier molecular flexibility index (Phi) is 5.89. The first-order chi connectivity index (χ1) is 13.5. The van der Waals surface area contributed by atoms with E-state index in [1.165, 1.54) is 0 Å². The summed E-state index contributed by atoms with van der Waals surface area (Å²) in [5, 5.41) is 6.53. The van der Waals surface area contributed by atoms with Crippen molar-refractivity contribution in [1.82, 2.24) is 9.97 Å². The molecule has 2 aromatic carbocycles. The number of hydrogen-bond donors (Lipinski definition) is 2. The third kappa shape index (κ3) is 4.46. The maximum absolute atomic E-state index is 12.2. The lowest BCUT2D eigenvalue weighted by Gasteiger charge is -2.14. The second-order valence-corrected chi connectivity index (χ2v) is 6.50. The highest BCUT2D eigenvalue weighted by molar-refractivity contribution is 5.96. The zero-order valence-corrected chi connectivity index (χ0v) is 16.5. The van der Waals surface area contributed by atoms with Crippen LogP contribution in [0.2, 0.25) is 0 Å². The van der Waals surface area contributed by atoms with Crippen molar-refractivity contribution in [2.45, 2.75) is 27.7 Å². The summed E-state index contributed by atoms with van der Waals surface area (Å²) in [6.07, 6.45) is 0. The molecule has 0 saturated carbocycles. The van der Waals surface area contributed by atoms with Crippen molar-refractivity contribution in [3.05, 3.63) is 70.9 Å². The van der Waals surface area contributed by atoms with Crippen LogP contribution in [-0.4, -0.2) is 22.5 Å². The van der Waals surface area contributed by atoms with Crippen LogP contribution in [-0.2, 0) is 4.74 Å². The van der Waals surface area contributed by atoms with Gasteiger partial charge in [0.2, 0.25) is 5.95 Å². The van der Waals surface area contributed by atoms with Gasteiger partial charge < -0.3 is 15.4 Å². The lowest BCUT2D eigenvalue weighted by molar-refractivity contribution is 0.0527. The van der Waals surface area contributed by atoms with Gasteiger partial charge in [-0.3, -0.25) is 0 Å². The number of nitrogens with zero attached hydrogens (tertiary/aromatic N) is 2. The third-order valence-electron chi connectivity index (χ3n) is 4.26. The Morgan fingerprint density at radius 3 is 2.39 bits per heavy atom. The first kappa shape index (κ1) is 19.4. The summed E-state index contributed by atoms with van der Waals surface area (Å²) in [4.78, 5) is 21.2. The molecule has 0 spiro atoms. The molecule has 3 aromatic rings. The standard InChI is InChI=1S/C22H24N4O2/c1-5-28-21(27)17-11-6-7-12-18(17)24-22-23-16(4)13-19(26-22)25-20-14(2)9-8-10-15(20)3/h6-13H,5H2,1-4H3,(H2,23,24,25,26). The van der Waals surface area contributed by atoms with Crippen LogP contribution in [0.15, 0.2) is 48.5 Å². The molecular weight excluding hydrogens is 352 g/mol. The first-order valence-electron chi connectivity index (χ1n) is 9.20. The Bertz CT molecular complexity index is 981. The summed E-state index contributed by atoms with van der Waals surface area (Å²) in [6, 6.07) is 15.2. The van der Waals surface area contributed by atoms with E-state index in [1.807, 2.05) is 25.1 Å². The van der Waals surface area contributed by atoms with Crippen molar-refractivity contribution in [3.8, 4) is 0 Å². The fourth-order valence-corrected chi connectivity index (χ4v) is 2.93. The SMILES string of the molecule is CCOC(=O)c1ccccc1Nc1nc(C)cc(Nc2c(C)cccc2C)n1. The molecule has 6 nitrogen and oxygen atoms in total. The minimum Gasteiger partial charge on any atom is -0.462 e. The molecule has 144 valence electrons. The van der Waals surface area contributed by atoms with Crippen LogP contribution in [0.3, 0.4) is 0 Å². The maximum atomic E-state index is 12.2. The highest BCUT2D eigenvalue weighted by Crippen LogP contribution is 2.25. The highest BCUT2D eigenvalue weighted by atomic mass is 16.5. The smallest absolute Gasteiger partial charge is 0.340 e. The van der Waals surface area contributed by atoms with Gasteiger partial charge in [-0.2, -0.15) is 4.98 Å². The molecule has 0 aliphatic rings. The van der Waals surface area contributed by atoms with Gasteiger partial charge in [0.1, 0.15) is 5.82 Å². The van der Waals surface area contributed by atoms with Crippen molar-refractivity contribution in [1.29, 1.82) is 0 Å². The van der Waals surface area contributed by atoms with Crippen molar-refractivity contribution < 1.29 is 9.53 Å². The van der Waals surface area contributed by atoms with Gasteiger partial charge in [-0.15, -0.1) is 0 Å². The molecular formula is C22H24N4O2. The molecule has 1 heterocycles. The Hall–Kier alpha value is -3.41. The normalized spacial score (nSPS) is 10.4. The summed E-state index contributed by atoms with van der Waals surface area (Å²) in [6.45, 7) is 8.11. The number of nitrogens with one attached hydrogen (secondary N) is 2. The topological polar surface area (TPSA) is 76.1 Å². The molecule has 0 bridgehead atoms. The molecule has 0 saturated heterocycles. The molecule has 6 heteroatoms. The number of aromatic nitrogens is 2. The molecule has 1 aromatic heterocycles. The minimum absolute atomic E-state index is 0.317. The number of rotatable bonds is 6. The van der Waals surface area contributed by atoms with E-state index < -0.39 is 0 Å². The van der Waals surface area contributed by atoms with Crippen LogP contribution < -0.4 is 10.6 Å². The third-order valence-corrected chi connectivity index (χ3v) is 4.26. The predicted octanol–water partition coefficient (Wildman–Crippen LogP) is 5.07. The average Bonchev–Trinajstić information content (AvgIpc) is 2.65. The molecule has 2 N–H and O–H groups in total. The zero-order chi connectivity index (χ0) is 20.1. The van der Waals surface area contributed by atoms with E-state index in [9.17, 15) is 4.79 Å². The van der Waals surface area contributed by atoms with Crippen molar-refractivity contribution in [2.24, 2.45) is 0 Å². The minimum atomic E-state index is -0.382. The first-order valence-corrected chi connectivity index (χ1v) is 9.20. The summed E-state index contributed by atoms with van der Waals surface area (Å²) < 4.78 is 5.13. The molecule has 0 aliphatic carbocycles. The van der Waals surface area contributed by atoms with Gasteiger partial charge in [-0.25, -0.2) is 9.78 Å². The van der Waals surface area contributed by atoms with Gasteiger partial charge >= 0.3 is 5.97 Å². The fraction of sp³-hybridized carbons (Fsp3) is 0.227. The molecule has 0 fully saturated rings. The van der Waals surface area contributed by atoms with E-state index in [0.29, 0.717) is 29.6 Å². The Balaban J connectivity index is 1.90. The van der Waals surface area contributed by atoms with Crippen molar-refractivity contribution >= 4 is 29.1 Å². The van der Waals surface area contributed by atoms with E-state index in [1.54, 1.807) is 25.1 Å². The summed E-state index contributed by atoms with van der Waals surface area (Å²) in [5.41, 5.74) is 5.15. The lowest BCUT2D eigenvalue weighted by atomic mass is 10.1. The lowest BCUT2D eigenvalue weighted by Crippen LogP contribution is -2.09. The van der Waals surface area contributed by atoms with Crippen LogP contribution in [0.25, 0.3) is 0 Å². The number of aryl methyl sites for hydroxylation is 3. The molecule has 28 heavy (non-hydrogen) atoms. The number of hydrogen-bond acceptors (Lipinski definition) is 6. The molecule has 3 rings (SSSR count). The number of ether oxygens (including phenoxy) is 1. The molecule has 0 amide bonds. The monoisotopic (exact) mass is 376 g/mol. The van der Waals surface area contributed by atoms with Crippen LogP contribution >= 0.6 is 0 Å². The quantitative estimate of drug-likeness (QED) is 0.585. The maximum Gasteiger partial charge on any atom is 0.340 e. The Morgan fingerprint density at radius 1 is 0.964 bits per heavy atom. The second-order valence-electron chi connectivity index (χ2n) is 6.50. The molecule has 0 aliphatic heterocycles. The number of anilines is 4. The predicted molar refractivity (Wildman–Crippen MR) is 112 cm³/mol. The van der Waals surface area contributed by atoms with Crippen molar-refractivity contribution in [2.75, 3.05) is 17.2 Å². The largest absolute Gasteiger partial charge is 0.462 e. The van der Waals surface area contributed by atoms with Gasteiger partial charge in [0.05, 0.1) is 17.9 Å². The number of para-hydroxylation sites is 2. The van der Waals surface area contributed by atoms with E-state index in [-0.39, 0.29) is 5.97 Å². The van der Waals surface area contributed by atoms with E-state index in [2.05, 4.69) is 46.6 Å². The Morgan fingerprint density at radius 2 is 1.68 bits per heavy atom. The van der Waals surface area contributed by atoms with Crippen LogP contribution in [0.5, 0.6) is 0 Å². The van der Waals surface area contributed by atoms with Gasteiger partial charge in [-0.05, 0) is 51.0 Å². The number of carbonyl (C=O) groups excluding carboxylic acids is 1. The van der Waals surface area contributed by atoms with Crippen LogP contribution in [0.1, 0.15) is 34.1 Å². The number of benzene rings is 2. The van der Waals surface area contributed by atoms with Crippen LogP contribution in [0, 0.1) is 20.8 Å². The van der Waals surface area contributed by atoms with Gasteiger partial charge in [0.15, 0.2) is 0 Å². The molecule has 0 unspecified atom stereocenters. The average molecular weight is 376 g/mol. The summed E-state index contributed by atoms with van der Waals surface area (Å²) >= 11 is 0. The number of carbonyl (C=O) groups is 1.